The topological polar surface area (TPSA) is 113 Å². The number of nitrogen functional groups attached to an aromatic ring is 1. The summed E-state index contributed by atoms with van der Waals surface area (Å²) in [6.45, 7) is 4.59. The molecule has 0 spiro atoms. The highest BCUT2D eigenvalue weighted by atomic mass is 16.3. The van der Waals surface area contributed by atoms with Crippen molar-refractivity contribution >= 4 is 29.1 Å². The van der Waals surface area contributed by atoms with Crippen molar-refractivity contribution in [2.75, 3.05) is 10.6 Å². The van der Waals surface area contributed by atoms with Crippen LogP contribution in [0.1, 0.15) is 37.8 Å². The Labute approximate surface area is 198 Å². The summed E-state index contributed by atoms with van der Waals surface area (Å²) in [5.41, 5.74) is 7.79. The van der Waals surface area contributed by atoms with E-state index in [0.717, 1.165) is 16.0 Å². The number of carbonyl (C=O) groups excluding carboxylic acids is 3. The third-order valence-electron chi connectivity index (χ3n) is 6.32. The average molecular weight is 458 g/mol. The van der Waals surface area contributed by atoms with Crippen LogP contribution in [0.5, 0.6) is 0 Å². The summed E-state index contributed by atoms with van der Waals surface area (Å²) in [6, 6.07) is 19.9. The van der Waals surface area contributed by atoms with E-state index in [1.807, 2.05) is 24.3 Å². The quantitative estimate of drug-likeness (QED) is 0.520. The largest absolute Gasteiger partial charge is 0.398 e. The van der Waals surface area contributed by atoms with Crippen LogP contribution in [-0.2, 0) is 20.0 Å². The Hall–Kier alpha value is -3.97. The smallest absolute Gasteiger partial charge is 0.256 e. The summed E-state index contributed by atoms with van der Waals surface area (Å²) in [7, 11) is 0. The third-order valence-corrected chi connectivity index (χ3v) is 6.32. The van der Waals surface area contributed by atoms with E-state index >= 15 is 0 Å². The average Bonchev–Trinajstić information content (AvgIpc) is 2.93. The van der Waals surface area contributed by atoms with Gasteiger partial charge in [0.1, 0.15) is 6.04 Å². The molecular formula is C27H27N3O4. The van der Waals surface area contributed by atoms with Crippen molar-refractivity contribution in [3.05, 3.63) is 83.9 Å². The number of hydrogen-bond acceptors (Lipinski definition) is 5. The van der Waals surface area contributed by atoms with Crippen LogP contribution in [0, 0.1) is 0 Å². The van der Waals surface area contributed by atoms with E-state index in [1.54, 1.807) is 55.5 Å². The molecule has 1 unspecified atom stereocenters. The number of carbonyl (C=O) groups is 3. The summed E-state index contributed by atoms with van der Waals surface area (Å²) in [5.74, 6) is -2.39. The van der Waals surface area contributed by atoms with Crippen molar-refractivity contribution in [1.82, 2.24) is 5.32 Å². The number of rotatable bonds is 4. The molecule has 3 aromatic rings. The molecule has 0 aliphatic carbocycles. The molecule has 1 aliphatic rings. The van der Waals surface area contributed by atoms with E-state index in [1.165, 1.54) is 13.8 Å². The summed E-state index contributed by atoms with van der Waals surface area (Å²) in [6.07, 6.45) is 0. The monoisotopic (exact) mass is 457 g/mol. The van der Waals surface area contributed by atoms with Crippen LogP contribution in [0.3, 0.4) is 0 Å². The third kappa shape index (κ3) is 3.84. The predicted molar refractivity (Wildman–Crippen MR) is 131 cm³/mol. The Balaban J connectivity index is 1.70. The molecule has 0 fully saturated rings. The SMILES string of the molecule is CC1C(=O)N(C(=O)[C@H](C)NC(=O)[C@@](C)(O)c2ccccc2)c2cccc(N)c2-c2ccccc21. The van der Waals surface area contributed by atoms with Gasteiger partial charge in [0.25, 0.3) is 11.8 Å². The van der Waals surface area contributed by atoms with Gasteiger partial charge >= 0.3 is 0 Å². The Kier molecular flexibility index (Phi) is 5.98. The molecule has 174 valence electrons. The van der Waals surface area contributed by atoms with Crippen molar-refractivity contribution in [3.63, 3.8) is 0 Å². The number of nitrogens with two attached hydrogens (primary N) is 1. The maximum Gasteiger partial charge on any atom is 0.256 e. The Morgan fingerprint density at radius 2 is 1.68 bits per heavy atom. The standard InChI is InChI=1S/C27H27N3O4/c1-16-19-12-7-8-13-20(19)23-21(28)14-9-15-22(23)30(24(16)31)25(32)17(2)29-26(33)27(3,34)18-10-5-4-6-11-18/h4-17,34H,28H2,1-3H3,(H,29,33)/t16?,17-,27-/m0/s1. The number of imide groups is 1. The lowest BCUT2D eigenvalue weighted by Crippen LogP contribution is -2.54. The van der Waals surface area contributed by atoms with Crippen LogP contribution in [-0.4, -0.2) is 28.9 Å². The van der Waals surface area contributed by atoms with Crippen LogP contribution < -0.4 is 16.0 Å². The lowest BCUT2D eigenvalue weighted by molar-refractivity contribution is -0.142. The number of nitrogens with zero attached hydrogens (tertiary/aromatic N) is 1. The van der Waals surface area contributed by atoms with Crippen molar-refractivity contribution in [1.29, 1.82) is 0 Å². The molecule has 3 amide bonds. The zero-order valence-electron chi connectivity index (χ0n) is 19.3. The first kappa shape index (κ1) is 23.2. The van der Waals surface area contributed by atoms with E-state index in [2.05, 4.69) is 5.32 Å². The number of benzene rings is 3. The molecule has 0 saturated carbocycles. The van der Waals surface area contributed by atoms with Gasteiger partial charge < -0.3 is 16.2 Å². The first-order valence-electron chi connectivity index (χ1n) is 11.1. The zero-order valence-corrected chi connectivity index (χ0v) is 19.3. The maximum absolute atomic E-state index is 13.6. The molecule has 4 N–H and O–H groups in total. The maximum atomic E-state index is 13.6. The van der Waals surface area contributed by atoms with Crippen LogP contribution in [0.4, 0.5) is 11.4 Å². The molecule has 0 aromatic heterocycles. The minimum Gasteiger partial charge on any atom is -0.398 e. The highest BCUT2D eigenvalue weighted by Crippen LogP contribution is 2.44. The molecule has 3 aromatic carbocycles. The lowest BCUT2D eigenvalue weighted by Gasteiger charge is -2.29. The summed E-state index contributed by atoms with van der Waals surface area (Å²) in [5, 5.41) is 13.4. The summed E-state index contributed by atoms with van der Waals surface area (Å²) in [4.78, 5) is 41.1. The van der Waals surface area contributed by atoms with Crippen LogP contribution in [0.15, 0.2) is 72.8 Å². The van der Waals surface area contributed by atoms with E-state index in [9.17, 15) is 19.5 Å². The zero-order chi connectivity index (χ0) is 24.6. The van der Waals surface area contributed by atoms with Gasteiger partial charge in [0.15, 0.2) is 5.60 Å². The number of fused-ring (bicyclic) bond motifs is 3. The van der Waals surface area contributed by atoms with Crippen molar-refractivity contribution in [2.24, 2.45) is 0 Å². The molecule has 34 heavy (non-hydrogen) atoms. The second-order valence-electron chi connectivity index (χ2n) is 8.70. The molecule has 1 aliphatic heterocycles. The minimum atomic E-state index is -1.86. The van der Waals surface area contributed by atoms with Gasteiger partial charge in [0.05, 0.1) is 11.6 Å². The van der Waals surface area contributed by atoms with E-state index < -0.39 is 35.3 Å². The van der Waals surface area contributed by atoms with Crippen molar-refractivity contribution < 1.29 is 19.5 Å². The van der Waals surface area contributed by atoms with Crippen LogP contribution in [0.25, 0.3) is 11.1 Å². The van der Waals surface area contributed by atoms with Gasteiger partial charge in [0, 0.05) is 11.3 Å². The van der Waals surface area contributed by atoms with Gasteiger partial charge in [-0.2, -0.15) is 0 Å². The van der Waals surface area contributed by atoms with Gasteiger partial charge in [-0.3, -0.25) is 14.4 Å². The molecular weight excluding hydrogens is 430 g/mol. The number of nitrogens with one attached hydrogen (secondary N) is 1. The fourth-order valence-electron chi connectivity index (χ4n) is 4.30. The summed E-state index contributed by atoms with van der Waals surface area (Å²) < 4.78 is 0. The van der Waals surface area contributed by atoms with Crippen LogP contribution >= 0.6 is 0 Å². The Morgan fingerprint density at radius 3 is 2.38 bits per heavy atom. The van der Waals surface area contributed by atoms with E-state index in [4.69, 9.17) is 5.73 Å². The molecule has 0 bridgehead atoms. The van der Waals surface area contributed by atoms with Crippen molar-refractivity contribution in [3.8, 4) is 11.1 Å². The molecule has 0 saturated heterocycles. The second kappa shape index (κ2) is 8.76. The minimum absolute atomic E-state index is 0.364. The first-order chi connectivity index (χ1) is 16.1. The lowest BCUT2D eigenvalue weighted by atomic mass is 9.92. The summed E-state index contributed by atoms with van der Waals surface area (Å²) >= 11 is 0. The normalized spacial score (nSPS) is 17.6. The van der Waals surface area contributed by atoms with Gasteiger partial charge in [-0.15, -0.1) is 0 Å². The number of anilines is 2. The van der Waals surface area contributed by atoms with E-state index in [-0.39, 0.29) is 0 Å². The first-order valence-corrected chi connectivity index (χ1v) is 11.1. The predicted octanol–water partition coefficient (Wildman–Crippen LogP) is 3.32. The van der Waals surface area contributed by atoms with Crippen LogP contribution in [0.2, 0.25) is 0 Å². The van der Waals surface area contributed by atoms with Gasteiger partial charge in [-0.1, -0.05) is 60.7 Å². The highest BCUT2D eigenvalue weighted by molar-refractivity contribution is 6.22. The van der Waals surface area contributed by atoms with Gasteiger partial charge in [0.2, 0.25) is 5.91 Å². The number of hydrogen-bond donors (Lipinski definition) is 3. The van der Waals surface area contributed by atoms with Gasteiger partial charge in [-0.25, -0.2) is 4.90 Å². The Morgan fingerprint density at radius 1 is 1.03 bits per heavy atom. The van der Waals surface area contributed by atoms with Gasteiger partial charge in [-0.05, 0) is 49.6 Å². The number of amides is 3. The molecule has 1 heterocycles. The van der Waals surface area contributed by atoms with E-state index in [0.29, 0.717) is 22.5 Å². The fourth-order valence-corrected chi connectivity index (χ4v) is 4.30. The highest BCUT2D eigenvalue weighted by Gasteiger charge is 2.39. The molecule has 4 rings (SSSR count). The molecule has 0 radical (unpaired) electrons. The molecule has 3 atom stereocenters. The second-order valence-corrected chi connectivity index (χ2v) is 8.70. The van der Waals surface area contributed by atoms with Crippen molar-refractivity contribution in [2.45, 2.75) is 38.3 Å². The number of aliphatic hydroxyl groups is 1. The Bertz CT molecular complexity index is 1270. The molecule has 7 nitrogen and oxygen atoms in total. The fraction of sp³-hybridized carbons (Fsp3) is 0.222. The molecule has 7 heteroatoms.